The van der Waals surface area contributed by atoms with Crippen molar-refractivity contribution < 1.29 is 29.0 Å². The van der Waals surface area contributed by atoms with Gasteiger partial charge in [-0.3, -0.25) is 19.5 Å². The molecule has 2 N–H and O–H groups in total. The maximum Gasteiger partial charge on any atom is 0.416 e. The van der Waals surface area contributed by atoms with E-state index in [2.05, 4.69) is 22.3 Å². The molecule has 0 aromatic heterocycles. The summed E-state index contributed by atoms with van der Waals surface area (Å²) in [6, 6.07) is 33.6. The molecule has 250 valence electrons. The molecule has 0 saturated carbocycles. The molecular formula is C39H38N4O6. The van der Waals surface area contributed by atoms with E-state index in [-0.39, 0.29) is 31.5 Å². The van der Waals surface area contributed by atoms with Gasteiger partial charge >= 0.3 is 12.1 Å². The highest BCUT2D eigenvalue weighted by molar-refractivity contribution is 6.18. The third kappa shape index (κ3) is 7.93. The number of carbonyl (C=O) groups is 4. The molecule has 0 spiro atoms. The van der Waals surface area contributed by atoms with Crippen molar-refractivity contribution in [2.24, 2.45) is 4.99 Å². The summed E-state index contributed by atoms with van der Waals surface area (Å²) in [5.41, 5.74) is 3.76. The highest BCUT2D eigenvalue weighted by Gasteiger charge is 2.37. The van der Waals surface area contributed by atoms with Crippen LogP contribution in [0.15, 0.2) is 120 Å². The summed E-state index contributed by atoms with van der Waals surface area (Å²) in [7, 11) is 0. The second-order valence-corrected chi connectivity index (χ2v) is 12.2. The molecule has 3 atom stereocenters. The van der Waals surface area contributed by atoms with Crippen molar-refractivity contribution in [3.63, 3.8) is 0 Å². The first-order valence-electron chi connectivity index (χ1n) is 16.5. The number of nitrogens with one attached hydrogen (secondary N) is 1. The lowest BCUT2D eigenvalue weighted by molar-refractivity contribution is -0.139. The van der Waals surface area contributed by atoms with E-state index in [1.807, 2.05) is 60.7 Å². The molecule has 2 aliphatic rings. The molecule has 0 unspecified atom stereocenters. The van der Waals surface area contributed by atoms with Crippen molar-refractivity contribution in [2.75, 3.05) is 25.0 Å². The molecule has 2 heterocycles. The third-order valence-corrected chi connectivity index (χ3v) is 8.97. The predicted molar refractivity (Wildman–Crippen MR) is 185 cm³/mol. The van der Waals surface area contributed by atoms with Crippen molar-refractivity contribution in [1.29, 1.82) is 0 Å². The number of aliphatic carboxylic acids is 1. The van der Waals surface area contributed by atoms with Gasteiger partial charge in [-0.2, -0.15) is 0 Å². The lowest BCUT2D eigenvalue weighted by Gasteiger charge is -2.25. The highest BCUT2D eigenvalue weighted by atomic mass is 16.6. The van der Waals surface area contributed by atoms with E-state index in [1.54, 1.807) is 42.5 Å². The van der Waals surface area contributed by atoms with Crippen LogP contribution in [0.5, 0.6) is 0 Å². The fourth-order valence-corrected chi connectivity index (χ4v) is 6.53. The van der Waals surface area contributed by atoms with E-state index in [9.17, 15) is 24.3 Å². The number of hydrogen-bond donors (Lipinski definition) is 2. The Kier molecular flexibility index (Phi) is 10.6. The van der Waals surface area contributed by atoms with Gasteiger partial charge in [0, 0.05) is 30.0 Å². The van der Waals surface area contributed by atoms with Crippen LogP contribution >= 0.6 is 0 Å². The third-order valence-electron chi connectivity index (χ3n) is 8.97. The van der Waals surface area contributed by atoms with Gasteiger partial charge in [-0.15, -0.1) is 0 Å². The van der Waals surface area contributed by atoms with Gasteiger partial charge in [0.15, 0.2) is 6.04 Å². The number of carbonyl (C=O) groups excluding carboxylic acids is 3. The Morgan fingerprint density at radius 3 is 2.18 bits per heavy atom. The molecule has 2 saturated heterocycles. The van der Waals surface area contributed by atoms with Gasteiger partial charge in [0.1, 0.15) is 6.61 Å². The summed E-state index contributed by atoms with van der Waals surface area (Å²) in [4.78, 5) is 60.6. The van der Waals surface area contributed by atoms with Gasteiger partial charge in [-0.25, -0.2) is 14.5 Å². The Labute approximate surface area is 285 Å². The smallest absolute Gasteiger partial charge is 0.416 e. The van der Waals surface area contributed by atoms with Crippen molar-refractivity contribution in [3.05, 3.63) is 138 Å². The molecule has 3 amide bonds. The molecule has 2 aliphatic heterocycles. The molecule has 6 rings (SSSR count). The standard InChI is InChI=1S/C39H38N4O6/c44-34(43-23-24-49-39(43)48)25-31(28-15-6-2-7-16-28)36(38(46)47)41-35(29-17-8-3-9-18-29)30-19-10-11-20-32(30)40-37(45)33-21-12-22-42(33)26-27-13-4-1-5-14-27/h1-11,13-20,31,33,36H,12,21-26H2,(H,40,45)(H,46,47)/t31-,33+,36+/m1/s1. The van der Waals surface area contributed by atoms with Crippen LogP contribution in [0.4, 0.5) is 10.5 Å². The average molecular weight is 659 g/mol. The number of carboxylic acid groups (broad SMARTS) is 1. The minimum absolute atomic E-state index is 0.0899. The Morgan fingerprint density at radius 2 is 1.51 bits per heavy atom. The molecule has 0 aliphatic carbocycles. The SMILES string of the molecule is O=C(O)[C@@H](N=C(c1ccccc1)c1ccccc1NC(=O)[C@@H]1CCCN1Cc1ccccc1)[C@H](CC(=O)N1CCOC1=O)c1ccccc1. The van der Waals surface area contributed by atoms with Gasteiger partial charge < -0.3 is 15.2 Å². The van der Waals surface area contributed by atoms with Gasteiger partial charge in [0.25, 0.3) is 0 Å². The number of likely N-dealkylation sites (tertiary alicyclic amines) is 1. The number of hydrogen-bond acceptors (Lipinski definition) is 7. The van der Waals surface area contributed by atoms with E-state index in [1.165, 1.54) is 0 Å². The number of amides is 3. The second-order valence-electron chi connectivity index (χ2n) is 12.2. The van der Waals surface area contributed by atoms with Crippen LogP contribution < -0.4 is 5.32 Å². The molecule has 49 heavy (non-hydrogen) atoms. The Balaban J connectivity index is 1.36. The average Bonchev–Trinajstić information content (AvgIpc) is 3.78. The van der Waals surface area contributed by atoms with Crippen molar-refractivity contribution >= 4 is 35.3 Å². The zero-order valence-electron chi connectivity index (χ0n) is 27.0. The predicted octanol–water partition coefficient (Wildman–Crippen LogP) is 5.73. The monoisotopic (exact) mass is 658 g/mol. The van der Waals surface area contributed by atoms with Crippen LogP contribution in [0.2, 0.25) is 0 Å². The number of nitrogens with zero attached hydrogens (tertiary/aromatic N) is 3. The highest BCUT2D eigenvalue weighted by Crippen LogP contribution is 2.31. The number of ether oxygens (including phenoxy) is 1. The first-order valence-corrected chi connectivity index (χ1v) is 16.5. The quantitative estimate of drug-likeness (QED) is 0.186. The zero-order valence-corrected chi connectivity index (χ0v) is 27.0. The van der Waals surface area contributed by atoms with Crippen molar-refractivity contribution in [3.8, 4) is 0 Å². The van der Waals surface area contributed by atoms with Crippen LogP contribution in [0.25, 0.3) is 0 Å². The molecule has 10 nitrogen and oxygen atoms in total. The minimum Gasteiger partial charge on any atom is -0.480 e. The topological polar surface area (TPSA) is 129 Å². The molecule has 2 fully saturated rings. The summed E-state index contributed by atoms with van der Waals surface area (Å²) in [6.45, 7) is 1.66. The first kappa shape index (κ1) is 33.3. The number of anilines is 1. The molecule has 4 aromatic carbocycles. The van der Waals surface area contributed by atoms with E-state index in [0.717, 1.165) is 29.8 Å². The lowest BCUT2D eigenvalue weighted by Crippen LogP contribution is -2.39. The van der Waals surface area contributed by atoms with Gasteiger partial charge in [-0.05, 0) is 36.6 Å². The number of benzene rings is 4. The Hall–Kier alpha value is -5.61. The Bertz CT molecular complexity index is 1820. The van der Waals surface area contributed by atoms with Crippen LogP contribution in [0.1, 0.15) is 47.4 Å². The van der Waals surface area contributed by atoms with Gasteiger partial charge in [0.2, 0.25) is 11.8 Å². The summed E-state index contributed by atoms with van der Waals surface area (Å²) in [5, 5.41) is 13.8. The fraction of sp³-hybridized carbons (Fsp3) is 0.256. The summed E-state index contributed by atoms with van der Waals surface area (Å²) in [5.74, 6) is -2.83. The van der Waals surface area contributed by atoms with Crippen LogP contribution in [-0.2, 0) is 25.7 Å². The number of rotatable bonds is 12. The largest absolute Gasteiger partial charge is 0.480 e. The van der Waals surface area contributed by atoms with Crippen molar-refractivity contribution in [2.45, 2.75) is 43.8 Å². The maximum absolute atomic E-state index is 13.9. The lowest BCUT2D eigenvalue weighted by atomic mass is 9.87. The number of para-hydroxylation sites is 1. The summed E-state index contributed by atoms with van der Waals surface area (Å²) >= 11 is 0. The molecule has 0 bridgehead atoms. The Morgan fingerprint density at radius 1 is 0.857 bits per heavy atom. The van der Waals surface area contributed by atoms with Crippen molar-refractivity contribution in [1.82, 2.24) is 9.80 Å². The molecule has 4 aromatic rings. The minimum atomic E-state index is -1.42. The zero-order chi connectivity index (χ0) is 34.2. The maximum atomic E-state index is 13.9. The van der Waals surface area contributed by atoms with Gasteiger partial charge in [0.05, 0.1) is 24.0 Å². The van der Waals surface area contributed by atoms with Crippen LogP contribution in [0, 0.1) is 0 Å². The van der Waals surface area contributed by atoms with Crippen LogP contribution in [-0.4, -0.2) is 76.3 Å². The number of aliphatic imine (C=N–C) groups is 1. The molecule has 0 radical (unpaired) electrons. The number of imide groups is 1. The van der Waals surface area contributed by atoms with Crippen LogP contribution in [0.3, 0.4) is 0 Å². The number of carboxylic acids is 1. The van der Waals surface area contributed by atoms with Gasteiger partial charge in [-0.1, -0.05) is 109 Å². The number of cyclic esters (lactones) is 1. The first-order chi connectivity index (χ1) is 23.9. The van der Waals surface area contributed by atoms with E-state index >= 15 is 0 Å². The summed E-state index contributed by atoms with van der Waals surface area (Å²) < 4.78 is 4.96. The van der Waals surface area contributed by atoms with E-state index < -0.39 is 29.9 Å². The van der Waals surface area contributed by atoms with E-state index in [4.69, 9.17) is 9.73 Å². The fourth-order valence-electron chi connectivity index (χ4n) is 6.53. The summed E-state index contributed by atoms with van der Waals surface area (Å²) in [6.07, 6.45) is 0.599. The van der Waals surface area contributed by atoms with E-state index in [0.29, 0.717) is 34.6 Å². The normalized spacial score (nSPS) is 17.7. The second kappa shape index (κ2) is 15.5. The molecule has 10 heteroatoms. The molecular weight excluding hydrogens is 620 g/mol.